The van der Waals surface area contributed by atoms with Crippen molar-refractivity contribution in [2.24, 2.45) is 11.3 Å². The maximum absolute atomic E-state index is 3.55. The van der Waals surface area contributed by atoms with Gasteiger partial charge in [-0.05, 0) is 43.7 Å². The lowest BCUT2D eigenvalue weighted by molar-refractivity contribution is 0.152. The summed E-state index contributed by atoms with van der Waals surface area (Å²) in [5, 5.41) is 3.55. The van der Waals surface area contributed by atoms with Crippen LogP contribution in [0, 0.1) is 11.3 Å². The van der Waals surface area contributed by atoms with E-state index in [0.29, 0.717) is 5.41 Å². The van der Waals surface area contributed by atoms with E-state index < -0.39 is 0 Å². The number of nitrogens with one attached hydrogen (secondary N) is 1. The second kappa shape index (κ2) is 6.61. The lowest BCUT2D eigenvalue weighted by Gasteiger charge is -2.36. The molecule has 0 bridgehead atoms. The normalized spacial score (nSPS) is 22.9. The summed E-state index contributed by atoms with van der Waals surface area (Å²) in [6.45, 7) is 15.5. The van der Waals surface area contributed by atoms with Gasteiger partial charge in [0.05, 0.1) is 0 Å². The molecule has 0 aromatic carbocycles. The summed E-state index contributed by atoms with van der Waals surface area (Å²) in [7, 11) is 0. The Bertz CT molecular complexity index is 187. The van der Waals surface area contributed by atoms with Crippen molar-refractivity contribution >= 4 is 0 Å². The van der Waals surface area contributed by atoms with Crippen molar-refractivity contribution in [3.05, 3.63) is 0 Å². The van der Waals surface area contributed by atoms with Crippen molar-refractivity contribution in [1.29, 1.82) is 0 Å². The average Bonchev–Trinajstić information content (AvgIpc) is 2.70. The largest absolute Gasteiger partial charge is 0.316 e. The molecule has 0 saturated carbocycles. The molecule has 16 heavy (non-hydrogen) atoms. The highest BCUT2D eigenvalue weighted by molar-refractivity contribution is 4.85. The smallest absolute Gasteiger partial charge is 0.00500 e. The van der Waals surface area contributed by atoms with Crippen LogP contribution in [0.1, 0.15) is 47.0 Å². The van der Waals surface area contributed by atoms with Gasteiger partial charge in [-0.25, -0.2) is 0 Å². The molecule has 0 aromatic rings. The maximum Gasteiger partial charge on any atom is 0.00500 e. The van der Waals surface area contributed by atoms with Crippen molar-refractivity contribution in [3.8, 4) is 0 Å². The summed E-state index contributed by atoms with van der Waals surface area (Å²) >= 11 is 0. The van der Waals surface area contributed by atoms with Gasteiger partial charge in [-0.1, -0.05) is 27.7 Å². The van der Waals surface area contributed by atoms with E-state index in [1.54, 1.807) is 0 Å². The first-order valence-electron chi connectivity index (χ1n) is 7.09. The first-order chi connectivity index (χ1) is 7.65. The Morgan fingerprint density at radius 2 is 1.94 bits per heavy atom. The lowest BCUT2D eigenvalue weighted by atomic mass is 9.81. The summed E-state index contributed by atoms with van der Waals surface area (Å²) in [5.74, 6) is 0.908. The molecule has 2 nitrogen and oxygen atoms in total. The minimum absolute atomic E-state index is 0.500. The van der Waals surface area contributed by atoms with Crippen LogP contribution in [0.5, 0.6) is 0 Å². The molecular formula is C14H30N2. The zero-order valence-electron chi connectivity index (χ0n) is 11.7. The zero-order valence-corrected chi connectivity index (χ0v) is 11.7. The van der Waals surface area contributed by atoms with Gasteiger partial charge in [0.25, 0.3) is 0 Å². The van der Waals surface area contributed by atoms with E-state index in [2.05, 4.69) is 37.9 Å². The minimum Gasteiger partial charge on any atom is -0.316 e. The molecule has 1 aliphatic heterocycles. The highest BCUT2D eigenvalue weighted by Crippen LogP contribution is 2.29. The number of rotatable bonds is 7. The zero-order chi connectivity index (χ0) is 12.0. The summed E-state index contributed by atoms with van der Waals surface area (Å²) < 4.78 is 0. The van der Waals surface area contributed by atoms with E-state index in [4.69, 9.17) is 0 Å². The van der Waals surface area contributed by atoms with E-state index in [0.717, 1.165) is 12.5 Å². The lowest BCUT2D eigenvalue weighted by Crippen LogP contribution is -2.43. The summed E-state index contributed by atoms with van der Waals surface area (Å²) in [6.07, 6.45) is 3.98. The van der Waals surface area contributed by atoms with Crippen LogP contribution in [0.15, 0.2) is 0 Å². The first-order valence-corrected chi connectivity index (χ1v) is 7.09. The van der Waals surface area contributed by atoms with Gasteiger partial charge in [0, 0.05) is 19.6 Å². The Hall–Kier alpha value is -0.0800. The Morgan fingerprint density at radius 3 is 2.38 bits per heavy atom. The number of likely N-dealkylation sites (tertiary alicyclic amines) is 1. The third-order valence-electron chi connectivity index (χ3n) is 4.32. The van der Waals surface area contributed by atoms with Crippen LogP contribution in [0.3, 0.4) is 0 Å². The van der Waals surface area contributed by atoms with Gasteiger partial charge in [-0.15, -0.1) is 0 Å². The van der Waals surface area contributed by atoms with E-state index in [1.165, 1.54) is 45.4 Å². The molecule has 1 rings (SSSR count). The SMILES string of the molecule is CCNCC(CC)(CC)CN1CCC(C)C1. The summed E-state index contributed by atoms with van der Waals surface area (Å²) in [5.41, 5.74) is 0.500. The topological polar surface area (TPSA) is 15.3 Å². The second-order valence-electron chi connectivity index (χ2n) is 5.62. The van der Waals surface area contributed by atoms with Gasteiger partial charge in [0.2, 0.25) is 0 Å². The molecule has 1 saturated heterocycles. The fraction of sp³-hybridized carbons (Fsp3) is 1.00. The molecule has 1 aliphatic rings. The number of nitrogens with zero attached hydrogens (tertiary/aromatic N) is 1. The molecule has 1 fully saturated rings. The molecule has 96 valence electrons. The van der Waals surface area contributed by atoms with E-state index in [1.807, 2.05) is 0 Å². The molecular weight excluding hydrogens is 196 g/mol. The molecule has 1 unspecified atom stereocenters. The van der Waals surface area contributed by atoms with Gasteiger partial charge in [-0.3, -0.25) is 0 Å². The number of hydrogen-bond acceptors (Lipinski definition) is 2. The molecule has 1 atom stereocenters. The molecule has 0 radical (unpaired) electrons. The third kappa shape index (κ3) is 3.74. The molecule has 1 heterocycles. The van der Waals surface area contributed by atoms with E-state index in [-0.39, 0.29) is 0 Å². The molecule has 1 N–H and O–H groups in total. The van der Waals surface area contributed by atoms with Crippen LogP contribution in [0.25, 0.3) is 0 Å². The monoisotopic (exact) mass is 226 g/mol. The van der Waals surface area contributed by atoms with Crippen molar-refractivity contribution < 1.29 is 0 Å². The number of hydrogen-bond donors (Lipinski definition) is 1. The van der Waals surface area contributed by atoms with Crippen LogP contribution >= 0.6 is 0 Å². The van der Waals surface area contributed by atoms with E-state index >= 15 is 0 Å². The van der Waals surface area contributed by atoms with Gasteiger partial charge in [-0.2, -0.15) is 0 Å². The third-order valence-corrected chi connectivity index (χ3v) is 4.32. The average molecular weight is 226 g/mol. The Balaban J connectivity index is 2.48. The predicted octanol–water partition coefficient (Wildman–Crippen LogP) is 2.74. The fourth-order valence-corrected chi connectivity index (χ4v) is 2.81. The molecule has 0 aliphatic carbocycles. The predicted molar refractivity (Wildman–Crippen MR) is 71.8 cm³/mol. The molecule has 0 spiro atoms. The van der Waals surface area contributed by atoms with Crippen molar-refractivity contribution in [2.45, 2.75) is 47.0 Å². The Morgan fingerprint density at radius 1 is 1.25 bits per heavy atom. The highest BCUT2D eigenvalue weighted by Gasteiger charge is 2.30. The Kier molecular flexibility index (Phi) is 5.77. The molecule has 0 amide bonds. The maximum atomic E-state index is 3.55. The van der Waals surface area contributed by atoms with Gasteiger partial charge >= 0.3 is 0 Å². The van der Waals surface area contributed by atoms with Crippen LogP contribution in [-0.4, -0.2) is 37.6 Å². The Labute approximate surface area is 102 Å². The first kappa shape index (κ1) is 14.0. The van der Waals surface area contributed by atoms with E-state index in [9.17, 15) is 0 Å². The second-order valence-corrected chi connectivity index (χ2v) is 5.62. The summed E-state index contributed by atoms with van der Waals surface area (Å²) in [4.78, 5) is 2.68. The summed E-state index contributed by atoms with van der Waals surface area (Å²) in [6, 6.07) is 0. The van der Waals surface area contributed by atoms with Crippen molar-refractivity contribution in [3.63, 3.8) is 0 Å². The van der Waals surface area contributed by atoms with Crippen LogP contribution in [0.2, 0.25) is 0 Å². The molecule has 0 aromatic heterocycles. The van der Waals surface area contributed by atoms with Crippen LogP contribution in [-0.2, 0) is 0 Å². The van der Waals surface area contributed by atoms with Gasteiger partial charge in [0.1, 0.15) is 0 Å². The van der Waals surface area contributed by atoms with Crippen molar-refractivity contribution in [1.82, 2.24) is 10.2 Å². The van der Waals surface area contributed by atoms with Crippen molar-refractivity contribution in [2.75, 3.05) is 32.7 Å². The van der Waals surface area contributed by atoms with Crippen LogP contribution < -0.4 is 5.32 Å². The fourth-order valence-electron chi connectivity index (χ4n) is 2.81. The highest BCUT2D eigenvalue weighted by atomic mass is 15.2. The van der Waals surface area contributed by atoms with Gasteiger partial charge in [0.15, 0.2) is 0 Å². The minimum atomic E-state index is 0.500. The standard InChI is InChI=1S/C14H30N2/c1-5-14(6-2,11-15-7-3)12-16-9-8-13(4)10-16/h13,15H,5-12H2,1-4H3. The molecule has 2 heteroatoms. The van der Waals surface area contributed by atoms with Gasteiger partial charge < -0.3 is 10.2 Å². The van der Waals surface area contributed by atoms with Crippen LogP contribution in [0.4, 0.5) is 0 Å². The quantitative estimate of drug-likeness (QED) is 0.718.